The van der Waals surface area contributed by atoms with Crippen LogP contribution < -0.4 is 0 Å². The number of imidazole rings is 1. The van der Waals surface area contributed by atoms with Gasteiger partial charge in [-0.25, -0.2) is 4.98 Å². The Labute approximate surface area is 126 Å². The molecule has 0 unspecified atom stereocenters. The highest BCUT2D eigenvalue weighted by molar-refractivity contribution is 9.10. The molecule has 4 nitrogen and oxygen atoms in total. The van der Waals surface area contributed by atoms with Gasteiger partial charge in [-0.15, -0.1) is 0 Å². The van der Waals surface area contributed by atoms with Crippen molar-refractivity contribution in [3.8, 4) is 0 Å². The van der Waals surface area contributed by atoms with E-state index in [2.05, 4.69) is 45.7 Å². The maximum atomic E-state index is 5.88. The van der Waals surface area contributed by atoms with Gasteiger partial charge in [-0.1, -0.05) is 0 Å². The Kier molecular flexibility index (Phi) is 2.60. The van der Waals surface area contributed by atoms with Crippen molar-refractivity contribution >= 4 is 21.6 Å². The third kappa shape index (κ3) is 1.70. The summed E-state index contributed by atoms with van der Waals surface area (Å²) in [6.07, 6.45) is 6.39. The van der Waals surface area contributed by atoms with E-state index in [4.69, 9.17) is 14.5 Å². The summed E-state index contributed by atoms with van der Waals surface area (Å²) in [5.74, 6) is 0. The number of hydrogen-bond acceptors (Lipinski definition) is 3. The third-order valence-corrected chi connectivity index (χ3v) is 5.30. The molecule has 2 aromatic heterocycles. The van der Waals surface area contributed by atoms with E-state index in [1.807, 2.05) is 0 Å². The summed E-state index contributed by atoms with van der Waals surface area (Å²) >= 11 is 3.59. The molecule has 0 radical (unpaired) electrons. The first-order valence-corrected chi connectivity index (χ1v) is 7.63. The van der Waals surface area contributed by atoms with Gasteiger partial charge in [-0.05, 0) is 47.3 Å². The Balaban J connectivity index is 1.76. The van der Waals surface area contributed by atoms with E-state index in [0.29, 0.717) is 6.61 Å². The minimum Gasteiger partial charge on any atom is -0.380 e. The van der Waals surface area contributed by atoms with Crippen LogP contribution in [0.5, 0.6) is 0 Å². The van der Waals surface area contributed by atoms with E-state index >= 15 is 0 Å². The molecule has 3 aliphatic rings. The summed E-state index contributed by atoms with van der Waals surface area (Å²) in [6, 6.07) is 2.08. The van der Waals surface area contributed by atoms with Gasteiger partial charge in [0.1, 0.15) is 5.65 Å². The standard InChI is InChI=1S/C15H17BrN2O2/c1-14-7-15(8-14,9-20-14)12-5-18-4-11(16)10(6-19-2)3-13(18)17-12/h3-5H,6-9H2,1-2H3. The number of halogens is 1. The number of pyridine rings is 1. The SMILES string of the molecule is COCc1cc2nc(C34COC(C)(C3)C4)cn2cc1Br. The molecule has 106 valence electrons. The third-order valence-electron chi connectivity index (χ3n) is 4.59. The van der Waals surface area contributed by atoms with Crippen molar-refractivity contribution in [3.63, 3.8) is 0 Å². The van der Waals surface area contributed by atoms with Crippen molar-refractivity contribution in [3.05, 3.63) is 34.2 Å². The summed E-state index contributed by atoms with van der Waals surface area (Å²) in [6.45, 7) is 3.59. The highest BCUT2D eigenvalue weighted by atomic mass is 79.9. The molecule has 0 aromatic carbocycles. The van der Waals surface area contributed by atoms with E-state index in [1.165, 1.54) is 0 Å². The smallest absolute Gasteiger partial charge is 0.137 e. The normalized spacial score (nSPS) is 31.8. The molecule has 2 saturated heterocycles. The van der Waals surface area contributed by atoms with E-state index in [9.17, 15) is 0 Å². The van der Waals surface area contributed by atoms with Gasteiger partial charge in [0.25, 0.3) is 0 Å². The minimum atomic E-state index is 0.0948. The van der Waals surface area contributed by atoms with Crippen LogP contribution in [0.3, 0.4) is 0 Å². The maximum absolute atomic E-state index is 5.88. The summed E-state index contributed by atoms with van der Waals surface area (Å²) in [5, 5.41) is 0. The molecule has 0 amide bonds. The van der Waals surface area contributed by atoms with Crippen LogP contribution in [0.1, 0.15) is 31.0 Å². The molecule has 0 atom stereocenters. The van der Waals surface area contributed by atoms with Gasteiger partial charge in [-0.3, -0.25) is 0 Å². The number of methoxy groups -OCH3 is 1. The monoisotopic (exact) mass is 336 g/mol. The predicted molar refractivity (Wildman–Crippen MR) is 78.9 cm³/mol. The highest BCUT2D eigenvalue weighted by Gasteiger charge is 2.61. The topological polar surface area (TPSA) is 35.8 Å². The number of rotatable bonds is 3. The van der Waals surface area contributed by atoms with Gasteiger partial charge < -0.3 is 13.9 Å². The van der Waals surface area contributed by atoms with Crippen LogP contribution in [0, 0.1) is 0 Å². The molecule has 1 saturated carbocycles. The predicted octanol–water partition coefficient (Wildman–Crippen LogP) is 3.06. The van der Waals surface area contributed by atoms with Gasteiger partial charge in [0.15, 0.2) is 0 Å². The lowest BCUT2D eigenvalue weighted by molar-refractivity contribution is 0.0154. The molecule has 5 heteroatoms. The van der Waals surface area contributed by atoms with Gasteiger partial charge in [0, 0.05) is 29.4 Å². The number of hydrogen-bond donors (Lipinski definition) is 0. The first-order valence-electron chi connectivity index (χ1n) is 6.84. The fraction of sp³-hybridized carbons (Fsp3) is 0.533. The molecule has 0 spiro atoms. The minimum absolute atomic E-state index is 0.0948. The van der Waals surface area contributed by atoms with Gasteiger partial charge in [0.05, 0.1) is 24.5 Å². The Morgan fingerprint density at radius 1 is 1.45 bits per heavy atom. The van der Waals surface area contributed by atoms with E-state index in [0.717, 1.165) is 40.8 Å². The van der Waals surface area contributed by atoms with Crippen molar-refractivity contribution in [2.24, 2.45) is 0 Å². The fourth-order valence-corrected chi connectivity index (χ4v) is 4.17. The zero-order valence-electron chi connectivity index (χ0n) is 11.6. The fourth-order valence-electron chi connectivity index (χ4n) is 3.72. The van der Waals surface area contributed by atoms with E-state index in [-0.39, 0.29) is 11.0 Å². The van der Waals surface area contributed by atoms with Crippen LogP contribution in [-0.2, 0) is 21.5 Å². The molecule has 1 aliphatic carbocycles. The lowest BCUT2D eigenvalue weighted by atomic mass is 9.62. The molecule has 2 bridgehead atoms. The van der Waals surface area contributed by atoms with Crippen molar-refractivity contribution in [1.29, 1.82) is 0 Å². The second-order valence-electron chi connectivity index (χ2n) is 6.34. The Morgan fingerprint density at radius 2 is 2.25 bits per heavy atom. The lowest BCUT2D eigenvalue weighted by Crippen LogP contribution is -2.45. The number of fused-ring (bicyclic) bond motifs is 2. The molecule has 2 aromatic rings. The Bertz CT molecular complexity index is 688. The molecule has 5 rings (SSSR count). The van der Waals surface area contributed by atoms with Crippen molar-refractivity contribution in [2.75, 3.05) is 13.7 Å². The average Bonchev–Trinajstić information content (AvgIpc) is 3.00. The maximum Gasteiger partial charge on any atom is 0.137 e. The van der Waals surface area contributed by atoms with Crippen molar-refractivity contribution < 1.29 is 9.47 Å². The first kappa shape index (κ1) is 12.8. The van der Waals surface area contributed by atoms with Crippen LogP contribution in [0.25, 0.3) is 5.65 Å². The van der Waals surface area contributed by atoms with Crippen LogP contribution in [0.2, 0.25) is 0 Å². The number of ether oxygens (including phenoxy) is 2. The Morgan fingerprint density at radius 3 is 2.90 bits per heavy atom. The van der Waals surface area contributed by atoms with Crippen molar-refractivity contribution in [1.82, 2.24) is 9.38 Å². The Hall–Kier alpha value is -0.910. The zero-order valence-corrected chi connectivity index (χ0v) is 13.2. The quantitative estimate of drug-likeness (QED) is 0.864. The molecular formula is C15H17BrN2O2. The highest BCUT2D eigenvalue weighted by Crippen LogP contribution is 2.58. The summed E-state index contributed by atoms with van der Waals surface area (Å²) < 4.78 is 14.2. The van der Waals surface area contributed by atoms with Crippen LogP contribution in [0.4, 0.5) is 0 Å². The molecule has 4 heterocycles. The molecule has 0 N–H and O–H groups in total. The molecule has 3 fully saturated rings. The second-order valence-corrected chi connectivity index (χ2v) is 7.20. The summed E-state index contributed by atoms with van der Waals surface area (Å²) in [4.78, 5) is 4.83. The van der Waals surface area contributed by atoms with Gasteiger partial charge in [0.2, 0.25) is 0 Å². The van der Waals surface area contributed by atoms with E-state index in [1.54, 1.807) is 7.11 Å². The number of aromatic nitrogens is 2. The first-order chi connectivity index (χ1) is 9.54. The second kappa shape index (κ2) is 4.06. The molecule has 20 heavy (non-hydrogen) atoms. The van der Waals surface area contributed by atoms with Crippen molar-refractivity contribution in [2.45, 2.75) is 37.4 Å². The van der Waals surface area contributed by atoms with Gasteiger partial charge in [-0.2, -0.15) is 0 Å². The summed E-state index contributed by atoms with van der Waals surface area (Å²) in [7, 11) is 1.71. The van der Waals surface area contributed by atoms with Crippen LogP contribution >= 0.6 is 15.9 Å². The zero-order chi connectivity index (χ0) is 14.0. The molecular weight excluding hydrogens is 320 g/mol. The molecule has 2 aliphatic heterocycles. The number of nitrogens with zero attached hydrogens (tertiary/aromatic N) is 2. The van der Waals surface area contributed by atoms with Crippen LogP contribution in [0.15, 0.2) is 22.9 Å². The summed E-state index contributed by atoms with van der Waals surface area (Å²) in [5.41, 5.74) is 3.50. The van der Waals surface area contributed by atoms with E-state index < -0.39 is 0 Å². The lowest BCUT2D eigenvalue weighted by Gasteiger charge is -2.41. The largest absolute Gasteiger partial charge is 0.380 e. The van der Waals surface area contributed by atoms with Crippen LogP contribution in [-0.4, -0.2) is 28.7 Å². The average molecular weight is 337 g/mol. The van der Waals surface area contributed by atoms with Gasteiger partial charge >= 0.3 is 0 Å².